The van der Waals surface area contributed by atoms with E-state index in [2.05, 4.69) is 31.3 Å². The second-order valence-electron chi connectivity index (χ2n) is 6.53. The number of nitrogens with one attached hydrogen (secondary N) is 1. The van der Waals surface area contributed by atoms with Crippen molar-refractivity contribution in [3.63, 3.8) is 0 Å². The van der Waals surface area contributed by atoms with Crippen molar-refractivity contribution in [3.05, 3.63) is 93.4 Å². The maximum atomic E-state index is 13.4. The largest absolute Gasteiger partial charge is 0.319 e. The lowest BCUT2D eigenvalue weighted by Crippen LogP contribution is -2.14. The molecule has 0 bridgehead atoms. The Morgan fingerprint density at radius 2 is 1.83 bits per heavy atom. The van der Waals surface area contributed by atoms with Gasteiger partial charge in [-0.05, 0) is 55.0 Å². The van der Waals surface area contributed by atoms with Gasteiger partial charge in [-0.25, -0.2) is 14.1 Å². The fraction of sp³-hybridized carbons (Fsp3) is 0.0455. The highest BCUT2D eigenvalue weighted by Gasteiger charge is 2.20. The van der Waals surface area contributed by atoms with Gasteiger partial charge in [0.2, 0.25) is 5.82 Å². The standard InChI is InChI=1S/C22H15BrClFN4O/c1-13-18(24)6-3-7-19(13)29-21(14-8-10-15(23)11-9-14)27-20(28-29)22(30)26-17-5-2-4-16(25)12-17/h2-12H,1H3,(H,26,30). The van der Waals surface area contributed by atoms with Gasteiger partial charge in [0.15, 0.2) is 5.82 Å². The van der Waals surface area contributed by atoms with Gasteiger partial charge < -0.3 is 5.32 Å². The molecule has 5 nitrogen and oxygen atoms in total. The monoisotopic (exact) mass is 484 g/mol. The number of carbonyl (C=O) groups excluding carboxylic acids is 1. The Balaban J connectivity index is 1.80. The number of hydrogen-bond acceptors (Lipinski definition) is 3. The molecule has 8 heteroatoms. The van der Waals surface area contributed by atoms with Crippen molar-refractivity contribution in [2.24, 2.45) is 0 Å². The van der Waals surface area contributed by atoms with Crippen LogP contribution in [0.2, 0.25) is 5.02 Å². The molecule has 0 aliphatic carbocycles. The first-order chi connectivity index (χ1) is 14.4. The Morgan fingerprint density at radius 3 is 2.57 bits per heavy atom. The molecule has 0 aliphatic heterocycles. The molecule has 0 spiro atoms. The second-order valence-corrected chi connectivity index (χ2v) is 7.85. The fourth-order valence-corrected chi connectivity index (χ4v) is 3.37. The Hall–Kier alpha value is -3.03. The van der Waals surface area contributed by atoms with Crippen molar-refractivity contribution in [2.75, 3.05) is 5.32 Å². The van der Waals surface area contributed by atoms with E-state index in [9.17, 15) is 9.18 Å². The van der Waals surface area contributed by atoms with Crippen LogP contribution in [0.3, 0.4) is 0 Å². The first-order valence-electron chi connectivity index (χ1n) is 8.98. The Labute approximate surface area is 185 Å². The van der Waals surface area contributed by atoms with Gasteiger partial charge in [-0.1, -0.05) is 51.8 Å². The summed E-state index contributed by atoms with van der Waals surface area (Å²) in [5.74, 6) is -0.553. The minimum Gasteiger partial charge on any atom is -0.319 e. The molecule has 30 heavy (non-hydrogen) atoms. The lowest BCUT2D eigenvalue weighted by atomic mass is 10.1. The zero-order chi connectivity index (χ0) is 21.3. The second kappa shape index (κ2) is 8.38. The van der Waals surface area contributed by atoms with Crippen LogP contribution < -0.4 is 5.32 Å². The van der Waals surface area contributed by atoms with Gasteiger partial charge in [-0.2, -0.15) is 0 Å². The highest BCUT2D eigenvalue weighted by Crippen LogP contribution is 2.27. The third-order valence-corrected chi connectivity index (χ3v) is 5.40. The zero-order valence-electron chi connectivity index (χ0n) is 15.7. The van der Waals surface area contributed by atoms with Gasteiger partial charge in [-0.15, -0.1) is 5.10 Å². The molecule has 150 valence electrons. The van der Waals surface area contributed by atoms with Crippen molar-refractivity contribution < 1.29 is 9.18 Å². The zero-order valence-corrected chi connectivity index (χ0v) is 18.1. The van der Waals surface area contributed by atoms with Crippen LogP contribution in [0.15, 0.2) is 71.2 Å². The fourth-order valence-electron chi connectivity index (χ4n) is 2.94. The molecular weight excluding hydrogens is 471 g/mol. The van der Waals surface area contributed by atoms with Crippen molar-refractivity contribution in [3.8, 4) is 17.1 Å². The molecule has 0 fully saturated rings. The van der Waals surface area contributed by atoms with E-state index >= 15 is 0 Å². The molecule has 0 radical (unpaired) electrons. The molecule has 0 saturated heterocycles. The van der Waals surface area contributed by atoms with Crippen molar-refractivity contribution in [1.82, 2.24) is 14.8 Å². The molecule has 4 rings (SSSR count). The summed E-state index contributed by atoms with van der Waals surface area (Å²) < 4.78 is 15.9. The number of nitrogens with zero attached hydrogens (tertiary/aromatic N) is 3. The van der Waals surface area contributed by atoms with E-state index in [4.69, 9.17) is 11.6 Å². The summed E-state index contributed by atoms with van der Waals surface area (Å²) in [5.41, 5.74) is 2.60. The van der Waals surface area contributed by atoms with E-state index in [1.165, 1.54) is 18.2 Å². The van der Waals surface area contributed by atoms with E-state index in [1.807, 2.05) is 43.3 Å². The summed E-state index contributed by atoms with van der Waals surface area (Å²) >= 11 is 9.71. The third-order valence-electron chi connectivity index (χ3n) is 4.46. The number of amides is 1. The summed E-state index contributed by atoms with van der Waals surface area (Å²) in [6.45, 7) is 1.87. The molecule has 1 heterocycles. The van der Waals surface area contributed by atoms with Crippen molar-refractivity contribution in [1.29, 1.82) is 0 Å². The minimum absolute atomic E-state index is 0.0449. The van der Waals surface area contributed by atoms with Gasteiger partial charge in [-0.3, -0.25) is 4.79 Å². The predicted octanol–water partition coefficient (Wildman–Crippen LogP) is 6.05. The Kier molecular flexibility index (Phi) is 5.65. The highest BCUT2D eigenvalue weighted by molar-refractivity contribution is 9.10. The molecule has 0 saturated carbocycles. The van der Waals surface area contributed by atoms with Gasteiger partial charge in [0.05, 0.1) is 5.69 Å². The highest BCUT2D eigenvalue weighted by atomic mass is 79.9. The molecule has 0 atom stereocenters. The number of hydrogen-bond donors (Lipinski definition) is 1. The molecule has 3 aromatic carbocycles. The number of rotatable bonds is 4. The maximum Gasteiger partial charge on any atom is 0.295 e. The first kappa shape index (κ1) is 20.3. The van der Waals surface area contributed by atoms with Crippen LogP contribution in [-0.2, 0) is 0 Å². The minimum atomic E-state index is -0.544. The smallest absolute Gasteiger partial charge is 0.295 e. The Bertz CT molecular complexity index is 1240. The summed E-state index contributed by atoms with van der Waals surface area (Å²) in [4.78, 5) is 17.2. The molecule has 0 unspecified atom stereocenters. The normalized spacial score (nSPS) is 10.8. The SMILES string of the molecule is Cc1c(Cl)cccc1-n1nc(C(=O)Nc2cccc(F)c2)nc1-c1ccc(Br)cc1. The Morgan fingerprint density at radius 1 is 1.10 bits per heavy atom. The summed E-state index contributed by atoms with van der Waals surface area (Å²) in [7, 11) is 0. The number of carbonyl (C=O) groups is 1. The van der Waals surface area contributed by atoms with Gasteiger partial charge >= 0.3 is 0 Å². The number of anilines is 1. The van der Waals surface area contributed by atoms with Crippen LogP contribution >= 0.6 is 27.5 Å². The molecule has 0 aliphatic rings. The van der Waals surface area contributed by atoms with Gasteiger partial charge in [0.1, 0.15) is 5.82 Å². The predicted molar refractivity (Wildman–Crippen MR) is 119 cm³/mol. The van der Waals surface area contributed by atoms with Crippen molar-refractivity contribution >= 4 is 39.1 Å². The number of halogens is 3. The average molecular weight is 486 g/mol. The molecule has 1 N–H and O–H groups in total. The maximum absolute atomic E-state index is 13.4. The molecule has 4 aromatic rings. The van der Waals surface area contributed by atoms with E-state index in [1.54, 1.807) is 16.8 Å². The third kappa shape index (κ3) is 4.13. The van der Waals surface area contributed by atoms with E-state index in [-0.39, 0.29) is 5.82 Å². The molecule has 1 aromatic heterocycles. The van der Waals surface area contributed by atoms with E-state index in [0.29, 0.717) is 22.2 Å². The van der Waals surface area contributed by atoms with Gasteiger partial charge in [0.25, 0.3) is 5.91 Å². The van der Waals surface area contributed by atoms with Crippen LogP contribution in [0, 0.1) is 12.7 Å². The van der Waals surface area contributed by atoms with Crippen LogP contribution in [0.5, 0.6) is 0 Å². The lowest BCUT2D eigenvalue weighted by Gasteiger charge is -2.10. The quantitative estimate of drug-likeness (QED) is 0.383. The van der Waals surface area contributed by atoms with Crippen LogP contribution in [0.1, 0.15) is 16.2 Å². The van der Waals surface area contributed by atoms with E-state index < -0.39 is 11.7 Å². The summed E-state index contributed by atoms with van der Waals surface area (Å²) in [6, 6.07) is 18.6. The average Bonchev–Trinajstić information content (AvgIpc) is 3.16. The summed E-state index contributed by atoms with van der Waals surface area (Å²) in [6.07, 6.45) is 0. The summed E-state index contributed by atoms with van der Waals surface area (Å²) in [5, 5.41) is 7.64. The van der Waals surface area contributed by atoms with Crippen LogP contribution in [0.25, 0.3) is 17.1 Å². The van der Waals surface area contributed by atoms with Crippen LogP contribution in [-0.4, -0.2) is 20.7 Å². The van der Waals surface area contributed by atoms with Gasteiger partial charge in [0, 0.05) is 20.7 Å². The molecule has 1 amide bonds. The number of aromatic nitrogens is 3. The van der Waals surface area contributed by atoms with Crippen LogP contribution in [0.4, 0.5) is 10.1 Å². The van der Waals surface area contributed by atoms with Crippen molar-refractivity contribution in [2.45, 2.75) is 6.92 Å². The topological polar surface area (TPSA) is 59.8 Å². The van der Waals surface area contributed by atoms with E-state index in [0.717, 1.165) is 15.6 Å². The first-order valence-corrected chi connectivity index (χ1v) is 10.1. The molecular formula is C22H15BrClFN4O. The number of benzene rings is 3. The lowest BCUT2D eigenvalue weighted by molar-refractivity contribution is 0.101.